The second-order valence-corrected chi connectivity index (χ2v) is 24.9. The highest BCUT2D eigenvalue weighted by molar-refractivity contribution is 5.71. The number of ether oxygens (including phenoxy) is 3. The first-order chi connectivity index (χ1) is 39.5. The predicted octanol–water partition coefficient (Wildman–Crippen LogP) is 25.0. The molecule has 0 saturated heterocycles. The molecule has 0 aliphatic rings. The summed E-state index contributed by atoms with van der Waals surface area (Å²) in [6, 6.07) is 0. The van der Waals surface area contributed by atoms with Gasteiger partial charge in [0, 0.05) is 19.3 Å². The van der Waals surface area contributed by atoms with Gasteiger partial charge in [0.05, 0.1) is 0 Å². The van der Waals surface area contributed by atoms with Gasteiger partial charge >= 0.3 is 17.9 Å². The highest BCUT2D eigenvalue weighted by Crippen LogP contribution is 2.19. The van der Waals surface area contributed by atoms with Gasteiger partial charge in [-0.15, -0.1) is 0 Å². The topological polar surface area (TPSA) is 78.9 Å². The standard InChI is InChI=1S/C74H140O6/c1-4-7-10-13-16-18-20-22-24-26-28-30-32-33-34-35-36-37-38-39-40-41-43-44-46-48-50-52-54-56-58-61-64-67-73(76)79-70-71(69-78-72(75)66-63-60-15-12-9-6-3)80-74(77)68-65-62-59-57-55-53-51-49-47-45-42-31-29-27-25-23-21-19-17-14-11-8-5-2/h20,22,26,28,71H,4-19,21,23-25,27,29-70H2,1-3H3/b22-20-,28-26-. The lowest BCUT2D eigenvalue weighted by atomic mass is 10.0. The molecule has 0 aromatic heterocycles. The minimum absolute atomic E-state index is 0.0640. The molecule has 1 atom stereocenters. The second kappa shape index (κ2) is 69.4. The van der Waals surface area contributed by atoms with Crippen molar-refractivity contribution in [1.82, 2.24) is 0 Å². The van der Waals surface area contributed by atoms with Crippen molar-refractivity contribution in [2.45, 2.75) is 419 Å². The summed E-state index contributed by atoms with van der Waals surface area (Å²) in [4.78, 5) is 38.1. The number of rotatable bonds is 68. The molecule has 0 aromatic carbocycles. The lowest BCUT2D eigenvalue weighted by Gasteiger charge is -2.18. The van der Waals surface area contributed by atoms with Gasteiger partial charge in [0.1, 0.15) is 13.2 Å². The minimum atomic E-state index is -0.764. The quantitative estimate of drug-likeness (QED) is 0.0261. The maximum Gasteiger partial charge on any atom is 0.306 e. The van der Waals surface area contributed by atoms with Crippen LogP contribution in [0.2, 0.25) is 0 Å². The molecule has 0 bridgehead atoms. The van der Waals surface area contributed by atoms with E-state index < -0.39 is 6.10 Å². The van der Waals surface area contributed by atoms with E-state index in [-0.39, 0.29) is 31.1 Å². The van der Waals surface area contributed by atoms with Crippen LogP contribution in [0.15, 0.2) is 24.3 Å². The van der Waals surface area contributed by atoms with Crippen molar-refractivity contribution < 1.29 is 28.6 Å². The van der Waals surface area contributed by atoms with Crippen molar-refractivity contribution in [1.29, 1.82) is 0 Å². The van der Waals surface area contributed by atoms with Gasteiger partial charge in [-0.1, -0.05) is 366 Å². The summed E-state index contributed by atoms with van der Waals surface area (Å²) in [5.74, 6) is -0.843. The predicted molar refractivity (Wildman–Crippen MR) is 349 cm³/mol. The number of carbonyl (C=O) groups excluding carboxylic acids is 3. The molecular formula is C74H140O6. The summed E-state index contributed by atoms with van der Waals surface area (Å²) >= 11 is 0. The first-order valence-corrected chi connectivity index (χ1v) is 36.3. The van der Waals surface area contributed by atoms with Crippen LogP contribution in [0, 0.1) is 0 Å². The molecule has 0 fully saturated rings. The second-order valence-electron chi connectivity index (χ2n) is 24.9. The highest BCUT2D eigenvalue weighted by atomic mass is 16.6. The minimum Gasteiger partial charge on any atom is -0.462 e. The molecule has 6 heteroatoms. The van der Waals surface area contributed by atoms with Crippen molar-refractivity contribution in [3.63, 3.8) is 0 Å². The van der Waals surface area contributed by atoms with Crippen LogP contribution < -0.4 is 0 Å². The van der Waals surface area contributed by atoms with E-state index in [1.165, 1.54) is 308 Å². The van der Waals surface area contributed by atoms with E-state index in [9.17, 15) is 14.4 Å². The van der Waals surface area contributed by atoms with Crippen LogP contribution >= 0.6 is 0 Å². The maximum absolute atomic E-state index is 12.9. The van der Waals surface area contributed by atoms with Crippen molar-refractivity contribution >= 4 is 17.9 Å². The molecule has 80 heavy (non-hydrogen) atoms. The SMILES string of the molecule is CCCCCCC/C=C\C/C=C\CCCCCCCCCCCCCCCCCCCCCCCC(=O)OCC(COC(=O)CCCCCCCC)OC(=O)CCCCCCCCCCCCCCCCCCCCCCCCC. The Hall–Kier alpha value is -2.11. The van der Waals surface area contributed by atoms with Crippen LogP contribution in [0.4, 0.5) is 0 Å². The molecule has 0 aliphatic heterocycles. The lowest BCUT2D eigenvalue weighted by Crippen LogP contribution is -2.30. The first kappa shape index (κ1) is 77.9. The fraction of sp³-hybridized carbons (Fsp3) is 0.905. The molecule has 0 aromatic rings. The van der Waals surface area contributed by atoms with E-state index in [4.69, 9.17) is 14.2 Å². The van der Waals surface area contributed by atoms with E-state index in [2.05, 4.69) is 45.1 Å². The Kier molecular flexibility index (Phi) is 67.6. The Morgan fingerprint density at radius 3 is 0.688 bits per heavy atom. The van der Waals surface area contributed by atoms with Gasteiger partial charge in [0.15, 0.2) is 6.10 Å². The average molecular weight is 1130 g/mol. The van der Waals surface area contributed by atoms with Crippen LogP contribution in [0.25, 0.3) is 0 Å². The molecule has 0 rings (SSSR count). The van der Waals surface area contributed by atoms with Crippen LogP contribution in [-0.4, -0.2) is 37.2 Å². The maximum atomic E-state index is 12.9. The van der Waals surface area contributed by atoms with Crippen molar-refractivity contribution in [3.05, 3.63) is 24.3 Å². The van der Waals surface area contributed by atoms with Gasteiger partial charge in [-0.2, -0.15) is 0 Å². The number of hydrogen-bond donors (Lipinski definition) is 0. The molecule has 0 saturated carbocycles. The third kappa shape index (κ3) is 66.7. The molecule has 0 heterocycles. The third-order valence-corrected chi connectivity index (χ3v) is 16.7. The van der Waals surface area contributed by atoms with Gasteiger partial charge < -0.3 is 14.2 Å². The smallest absolute Gasteiger partial charge is 0.306 e. The van der Waals surface area contributed by atoms with Crippen molar-refractivity contribution in [3.8, 4) is 0 Å². The molecular weight excluding hydrogens is 985 g/mol. The number of carbonyl (C=O) groups is 3. The van der Waals surface area contributed by atoms with E-state index >= 15 is 0 Å². The molecule has 0 spiro atoms. The Balaban J connectivity index is 3.92. The van der Waals surface area contributed by atoms with Gasteiger partial charge in [0.25, 0.3) is 0 Å². The summed E-state index contributed by atoms with van der Waals surface area (Å²) in [5, 5.41) is 0. The summed E-state index contributed by atoms with van der Waals surface area (Å²) in [5.41, 5.74) is 0. The molecule has 1 unspecified atom stereocenters. The molecule has 0 aliphatic carbocycles. The molecule has 0 amide bonds. The fourth-order valence-corrected chi connectivity index (χ4v) is 11.2. The van der Waals surface area contributed by atoms with Crippen LogP contribution in [-0.2, 0) is 28.6 Å². The molecule has 472 valence electrons. The van der Waals surface area contributed by atoms with Crippen LogP contribution in [0.5, 0.6) is 0 Å². The number of hydrogen-bond acceptors (Lipinski definition) is 6. The van der Waals surface area contributed by atoms with E-state index in [1.807, 2.05) is 0 Å². The highest BCUT2D eigenvalue weighted by Gasteiger charge is 2.19. The van der Waals surface area contributed by atoms with Crippen LogP contribution in [0.3, 0.4) is 0 Å². The lowest BCUT2D eigenvalue weighted by molar-refractivity contribution is -0.167. The largest absolute Gasteiger partial charge is 0.462 e. The monoisotopic (exact) mass is 1130 g/mol. The van der Waals surface area contributed by atoms with E-state index in [0.29, 0.717) is 19.3 Å². The average Bonchev–Trinajstić information content (AvgIpc) is 3.46. The van der Waals surface area contributed by atoms with Crippen molar-refractivity contribution in [2.75, 3.05) is 13.2 Å². The van der Waals surface area contributed by atoms with Gasteiger partial charge in [-0.3, -0.25) is 14.4 Å². The Bertz CT molecular complexity index is 1290. The summed E-state index contributed by atoms with van der Waals surface area (Å²) in [6.07, 6.45) is 85.5. The number of unbranched alkanes of at least 4 members (excludes halogenated alkanes) is 53. The van der Waals surface area contributed by atoms with E-state index in [1.54, 1.807) is 0 Å². The molecule has 6 nitrogen and oxygen atoms in total. The third-order valence-electron chi connectivity index (χ3n) is 16.7. The zero-order chi connectivity index (χ0) is 57.8. The molecule has 0 radical (unpaired) electrons. The van der Waals surface area contributed by atoms with Crippen LogP contribution in [0.1, 0.15) is 412 Å². The first-order valence-electron chi connectivity index (χ1n) is 36.3. The Labute approximate surface area is 500 Å². The number of allylic oxidation sites excluding steroid dienone is 4. The van der Waals surface area contributed by atoms with Gasteiger partial charge in [-0.25, -0.2) is 0 Å². The normalized spacial score (nSPS) is 12.1. The van der Waals surface area contributed by atoms with Crippen molar-refractivity contribution in [2.24, 2.45) is 0 Å². The zero-order valence-electron chi connectivity index (χ0n) is 54.4. The Morgan fingerprint density at radius 2 is 0.450 bits per heavy atom. The molecule has 0 N–H and O–H groups in total. The van der Waals surface area contributed by atoms with E-state index in [0.717, 1.165) is 64.2 Å². The van der Waals surface area contributed by atoms with Gasteiger partial charge in [0.2, 0.25) is 0 Å². The fourth-order valence-electron chi connectivity index (χ4n) is 11.2. The summed E-state index contributed by atoms with van der Waals surface area (Å²) < 4.78 is 16.9. The van der Waals surface area contributed by atoms with Gasteiger partial charge in [-0.05, 0) is 51.4 Å². The zero-order valence-corrected chi connectivity index (χ0v) is 54.4. The summed E-state index contributed by atoms with van der Waals surface area (Å²) in [7, 11) is 0. The Morgan fingerprint density at radius 1 is 0.250 bits per heavy atom. The number of esters is 3. The summed E-state index contributed by atoms with van der Waals surface area (Å²) in [6.45, 7) is 6.65.